The summed E-state index contributed by atoms with van der Waals surface area (Å²) in [5.41, 5.74) is 0.404. The fourth-order valence-corrected chi connectivity index (χ4v) is 4.94. The third-order valence-corrected chi connectivity index (χ3v) is 5.53. The summed E-state index contributed by atoms with van der Waals surface area (Å²) in [5.74, 6) is -1.43. The van der Waals surface area contributed by atoms with Crippen molar-refractivity contribution < 1.29 is 18.7 Å². The summed E-state index contributed by atoms with van der Waals surface area (Å²) in [4.78, 5) is 26.5. The van der Waals surface area contributed by atoms with Crippen LogP contribution in [0.1, 0.15) is 50.4 Å². The average molecular weight is 368 g/mol. The van der Waals surface area contributed by atoms with E-state index in [0.717, 1.165) is 31.4 Å². The van der Waals surface area contributed by atoms with Crippen LogP contribution in [0.4, 0.5) is 4.39 Å². The van der Waals surface area contributed by atoms with E-state index < -0.39 is 11.8 Å². The second-order valence-corrected chi connectivity index (χ2v) is 8.84. The average Bonchev–Trinajstić information content (AvgIpc) is 2.73. The van der Waals surface area contributed by atoms with Gasteiger partial charge in [-0.15, -0.1) is 0 Å². The van der Waals surface area contributed by atoms with E-state index in [-0.39, 0.29) is 40.0 Å². The molecule has 6 heteroatoms. The molecule has 2 aliphatic rings. The van der Waals surface area contributed by atoms with E-state index in [2.05, 4.69) is 20.8 Å². The molecule has 2 atom stereocenters. The minimum atomic E-state index is -0.716. The first-order valence-electron chi connectivity index (χ1n) is 8.50. The number of fused-ring (bicyclic) bond motifs is 2. The van der Waals surface area contributed by atoms with Crippen molar-refractivity contribution >= 4 is 23.5 Å². The Balaban J connectivity index is 1.62. The molecule has 1 saturated carbocycles. The Morgan fingerprint density at radius 1 is 1.32 bits per heavy atom. The van der Waals surface area contributed by atoms with E-state index in [1.807, 2.05) is 4.90 Å². The molecule has 2 fully saturated rings. The van der Waals surface area contributed by atoms with Gasteiger partial charge < -0.3 is 9.64 Å². The first-order chi connectivity index (χ1) is 11.6. The number of carbonyl (C=O) groups is 2. The van der Waals surface area contributed by atoms with Gasteiger partial charge in [0.05, 0.1) is 10.6 Å². The monoisotopic (exact) mass is 367 g/mol. The van der Waals surface area contributed by atoms with Gasteiger partial charge in [0.25, 0.3) is 5.91 Å². The van der Waals surface area contributed by atoms with Crippen LogP contribution in [-0.4, -0.2) is 36.0 Å². The van der Waals surface area contributed by atoms with Gasteiger partial charge in [-0.25, -0.2) is 9.18 Å². The van der Waals surface area contributed by atoms with Crippen LogP contribution in [0.5, 0.6) is 0 Å². The second kappa shape index (κ2) is 6.27. The summed E-state index contributed by atoms with van der Waals surface area (Å²) in [5, 5.41) is -0.0243. The van der Waals surface area contributed by atoms with Crippen molar-refractivity contribution in [1.29, 1.82) is 0 Å². The number of hydrogen-bond acceptors (Lipinski definition) is 3. The zero-order valence-corrected chi connectivity index (χ0v) is 15.5. The molecule has 1 aliphatic heterocycles. The first kappa shape index (κ1) is 18.2. The zero-order chi connectivity index (χ0) is 18.4. The van der Waals surface area contributed by atoms with Crippen molar-refractivity contribution in [3.05, 3.63) is 34.6 Å². The van der Waals surface area contributed by atoms with Gasteiger partial charge in [-0.1, -0.05) is 32.4 Å². The molecular weight excluding hydrogens is 345 g/mol. The minimum Gasteiger partial charge on any atom is -0.452 e. The van der Waals surface area contributed by atoms with Crippen molar-refractivity contribution in [2.24, 2.45) is 10.8 Å². The van der Waals surface area contributed by atoms with Crippen molar-refractivity contribution in [2.45, 2.75) is 46.1 Å². The molecule has 0 spiro atoms. The number of amides is 1. The highest BCUT2D eigenvalue weighted by Gasteiger charge is 2.50. The number of rotatable bonds is 3. The number of hydrogen-bond donors (Lipinski definition) is 0. The summed E-state index contributed by atoms with van der Waals surface area (Å²) in [6.07, 6.45) is 3.05. The molecule has 1 amide bonds. The third-order valence-electron chi connectivity index (χ3n) is 5.21. The quantitative estimate of drug-likeness (QED) is 0.757. The molecule has 3 rings (SSSR count). The maximum Gasteiger partial charge on any atom is 0.340 e. The number of halogens is 2. The van der Waals surface area contributed by atoms with E-state index >= 15 is 0 Å². The number of benzene rings is 1. The summed E-state index contributed by atoms with van der Waals surface area (Å²) in [7, 11) is 0. The number of esters is 1. The molecule has 1 saturated heterocycles. The maximum absolute atomic E-state index is 13.1. The molecule has 4 nitrogen and oxygen atoms in total. The predicted molar refractivity (Wildman–Crippen MR) is 92.9 cm³/mol. The lowest BCUT2D eigenvalue weighted by atomic mass is 9.65. The Kier molecular flexibility index (Phi) is 4.56. The lowest BCUT2D eigenvalue weighted by Gasteiger charge is -2.39. The largest absolute Gasteiger partial charge is 0.452 e. The number of likely N-dealkylation sites (tertiary alicyclic amines) is 1. The lowest BCUT2D eigenvalue weighted by molar-refractivity contribution is -0.135. The van der Waals surface area contributed by atoms with Gasteiger partial charge >= 0.3 is 5.97 Å². The maximum atomic E-state index is 13.1. The molecule has 1 aromatic carbocycles. The topological polar surface area (TPSA) is 46.6 Å². The first-order valence-corrected chi connectivity index (χ1v) is 8.88. The second-order valence-electron chi connectivity index (χ2n) is 8.44. The van der Waals surface area contributed by atoms with Gasteiger partial charge in [-0.05, 0) is 48.3 Å². The molecule has 0 N–H and O–H groups in total. The Bertz CT molecular complexity index is 721. The smallest absolute Gasteiger partial charge is 0.340 e. The Hall–Kier alpha value is -1.62. The van der Waals surface area contributed by atoms with Crippen molar-refractivity contribution in [2.75, 3.05) is 13.2 Å². The Labute approximate surface area is 152 Å². The molecule has 136 valence electrons. The van der Waals surface area contributed by atoms with Crippen LogP contribution in [0.3, 0.4) is 0 Å². The SMILES string of the molecule is CC1(C)C[C@@H]2C[C@@](C)(CN2C(=O)COC(=O)c2ccc(F)cc2Cl)C1. The predicted octanol–water partition coefficient (Wildman–Crippen LogP) is 4.06. The summed E-state index contributed by atoms with van der Waals surface area (Å²) < 4.78 is 18.2. The fraction of sp³-hybridized carbons (Fsp3) is 0.579. The highest BCUT2D eigenvalue weighted by atomic mass is 35.5. The van der Waals surface area contributed by atoms with Crippen LogP contribution in [0.15, 0.2) is 18.2 Å². The van der Waals surface area contributed by atoms with Crippen LogP contribution >= 0.6 is 11.6 Å². The van der Waals surface area contributed by atoms with Crippen LogP contribution in [0.2, 0.25) is 5.02 Å². The molecule has 1 aliphatic carbocycles. The fourth-order valence-electron chi connectivity index (χ4n) is 4.69. The van der Waals surface area contributed by atoms with E-state index in [0.29, 0.717) is 6.54 Å². The number of nitrogens with zero attached hydrogens (tertiary/aromatic N) is 1. The van der Waals surface area contributed by atoms with Crippen molar-refractivity contribution in [1.82, 2.24) is 4.90 Å². The highest BCUT2D eigenvalue weighted by Crippen LogP contribution is 2.52. The molecular formula is C19H23ClFNO3. The Morgan fingerprint density at radius 2 is 2.04 bits per heavy atom. The third kappa shape index (κ3) is 3.81. The normalized spacial score (nSPS) is 27.2. The zero-order valence-electron chi connectivity index (χ0n) is 14.8. The molecule has 1 aromatic rings. The van der Waals surface area contributed by atoms with Gasteiger partial charge in [-0.3, -0.25) is 4.79 Å². The molecule has 2 bridgehead atoms. The summed E-state index contributed by atoms with van der Waals surface area (Å²) in [6.45, 7) is 7.08. The molecule has 0 unspecified atom stereocenters. The van der Waals surface area contributed by atoms with Crippen LogP contribution < -0.4 is 0 Å². The van der Waals surface area contributed by atoms with Gasteiger partial charge in [0.1, 0.15) is 5.82 Å². The van der Waals surface area contributed by atoms with Gasteiger partial charge in [-0.2, -0.15) is 0 Å². The van der Waals surface area contributed by atoms with Gasteiger partial charge in [0.2, 0.25) is 0 Å². The molecule has 1 heterocycles. The van der Waals surface area contributed by atoms with Crippen LogP contribution in [0.25, 0.3) is 0 Å². The van der Waals surface area contributed by atoms with Gasteiger partial charge in [0.15, 0.2) is 6.61 Å². The van der Waals surface area contributed by atoms with Crippen molar-refractivity contribution in [3.63, 3.8) is 0 Å². The molecule has 25 heavy (non-hydrogen) atoms. The standard InChI is InChI=1S/C19H23ClFNO3/c1-18(2)7-13-8-19(3,10-18)11-22(13)16(23)9-25-17(24)14-5-4-12(21)6-15(14)20/h4-6,13H,7-11H2,1-3H3/t13-,19-/m1/s1. The van der Waals surface area contributed by atoms with Gasteiger partial charge in [0, 0.05) is 12.6 Å². The highest BCUT2D eigenvalue weighted by molar-refractivity contribution is 6.33. The molecule has 0 radical (unpaired) electrons. The van der Waals surface area contributed by atoms with E-state index in [9.17, 15) is 14.0 Å². The Morgan fingerprint density at radius 3 is 2.72 bits per heavy atom. The van der Waals surface area contributed by atoms with E-state index in [1.165, 1.54) is 6.07 Å². The summed E-state index contributed by atoms with van der Waals surface area (Å²) in [6, 6.07) is 3.65. The minimum absolute atomic E-state index is 0.0243. The van der Waals surface area contributed by atoms with Crippen LogP contribution in [0, 0.1) is 16.6 Å². The van der Waals surface area contributed by atoms with Crippen molar-refractivity contribution in [3.8, 4) is 0 Å². The molecule has 0 aromatic heterocycles. The summed E-state index contributed by atoms with van der Waals surface area (Å²) >= 11 is 5.85. The van der Waals surface area contributed by atoms with E-state index in [4.69, 9.17) is 16.3 Å². The number of carbonyl (C=O) groups excluding carboxylic acids is 2. The number of ether oxygens (including phenoxy) is 1. The van der Waals surface area contributed by atoms with Crippen LogP contribution in [-0.2, 0) is 9.53 Å². The van der Waals surface area contributed by atoms with E-state index in [1.54, 1.807) is 0 Å². The lowest BCUT2D eigenvalue weighted by Crippen LogP contribution is -2.39.